The van der Waals surface area contributed by atoms with Gasteiger partial charge in [0, 0.05) is 17.2 Å². The summed E-state index contributed by atoms with van der Waals surface area (Å²) >= 11 is 0. The first-order chi connectivity index (χ1) is 8.18. The predicted octanol–water partition coefficient (Wildman–Crippen LogP) is 3.61. The van der Waals surface area contributed by atoms with Gasteiger partial charge in [-0.2, -0.15) is 0 Å². The maximum atomic E-state index is 11.8. The van der Waals surface area contributed by atoms with Crippen LogP contribution in [0.15, 0.2) is 65.7 Å². The second kappa shape index (κ2) is 4.37. The van der Waals surface area contributed by atoms with Crippen LogP contribution < -0.4 is 0 Å². The number of para-hydroxylation sites is 1. The van der Waals surface area contributed by atoms with Gasteiger partial charge in [0.15, 0.2) is 0 Å². The van der Waals surface area contributed by atoms with Crippen molar-refractivity contribution in [1.29, 1.82) is 0 Å². The Kier molecular flexibility index (Phi) is 2.09. The minimum atomic E-state index is -0.0450. The second-order valence-electron chi connectivity index (χ2n) is 2.87. The molecule has 2 rings (SSSR count). The number of hydrogen-bond acceptors (Lipinski definition) is 2. The lowest BCUT2D eigenvalue weighted by Gasteiger charge is -1.98. The molecule has 3 heteroatoms. The van der Waals surface area contributed by atoms with Crippen molar-refractivity contribution in [3.05, 3.63) is 65.8 Å². The summed E-state index contributed by atoms with van der Waals surface area (Å²) in [5, 5.41) is 15.6. The number of azo groups is 1. The molecular formula is C12H10N2O. The minimum absolute atomic E-state index is 0.00724. The second-order valence-corrected chi connectivity index (χ2v) is 2.87. The van der Waals surface area contributed by atoms with Crippen LogP contribution in [0.25, 0.3) is 0 Å². The fourth-order valence-corrected chi connectivity index (χ4v) is 1.10. The van der Waals surface area contributed by atoms with Gasteiger partial charge in [-0.15, -0.1) is 0 Å². The van der Waals surface area contributed by atoms with Crippen molar-refractivity contribution in [3.63, 3.8) is 0 Å². The van der Waals surface area contributed by atoms with Crippen LogP contribution in [-0.2, 0) is 0 Å². The van der Waals surface area contributed by atoms with Crippen LogP contribution in [0.5, 0.6) is 0 Å². The third-order valence-corrected chi connectivity index (χ3v) is 1.79. The van der Waals surface area contributed by atoms with E-state index in [9.17, 15) is 5.21 Å². The highest BCUT2D eigenvalue weighted by Gasteiger charge is 2.00. The molecule has 0 saturated carbocycles. The van der Waals surface area contributed by atoms with Crippen LogP contribution in [0.4, 0.5) is 11.4 Å². The first kappa shape index (κ1) is 7.17. The fourth-order valence-electron chi connectivity index (χ4n) is 1.10. The van der Waals surface area contributed by atoms with Crippen LogP contribution >= 0.6 is 0 Å². The molecular weight excluding hydrogens is 188 g/mol. The molecule has 0 fully saturated rings. The molecule has 0 N–H and O–H groups in total. The molecule has 0 heterocycles. The highest BCUT2D eigenvalue weighted by molar-refractivity contribution is 5.35. The van der Waals surface area contributed by atoms with Gasteiger partial charge in [-0.1, -0.05) is 41.3 Å². The minimum Gasteiger partial charge on any atom is -0.594 e. The van der Waals surface area contributed by atoms with Crippen molar-refractivity contribution >= 4 is 11.4 Å². The fraction of sp³-hybridized carbons (Fsp3) is 0. The smallest absolute Gasteiger partial charge is 0.244 e. The number of rotatable bonds is 2. The number of nitrogens with zero attached hydrogens (tertiary/aromatic N) is 2. The van der Waals surface area contributed by atoms with Crippen LogP contribution in [0, 0.1) is 5.21 Å². The molecule has 0 unspecified atom stereocenters. The van der Waals surface area contributed by atoms with Gasteiger partial charge in [-0.3, -0.25) is 0 Å². The average molecular weight is 200 g/mol. The quantitative estimate of drug-likeness (QED) is 0.414. The Morgan fingerprint density at radius 1 is 1.00 bits per heavy atom. The van der Waals surface area contributed by atoms with Crippen LogP contribution in [0.3, 0.4) is 0 Å². The molecule has 0 bridgehead atoms. The van der Waals surface area contributed by atoms with Crippen LogP contribution in [0.1, 0.15) is 2.74 Å². The van der Waals surface area contributed by atoms with E-state index in [0.29, 0.717) is 10.5 Å². The summed E-state index contributed by atoms with van der Waals surface area (Å²) in [5.41, 5.74) is 0.446. The molecule has 2 aromatic rings. The van der Waals surface area contributed by atoms with E-state index in [1.165, 1.54) is 12.1 Å². The molecule has 3 nitrogen and oxygen atoms in total. The largest absolute Gasteiger partial charge is 0.594 e. The molecule has 15 heavy (non-hydrogen) atoms. The summed E-state index contributed by atoms with van der Waals surface area (Å²) in [6.07, 6.45) is 0. The zero-order valence-electron chi connectivity index (χ0n) is 9.92. The molecule has 0 aromatic heterocycles. The van der Waals surface area contributed by atoms with Crippen molar-refractivity contribution in [2.24, 2.45) is 5.11 Å². The van der Waals surface area contributed by atoms with E-state index in [1.54, 1.807) is 30.3 Å². The van der Waals surface area contributed by atoms with E-state index in [4.69, 9.17) is 2.74 Å². The van der Waals surface area contributed by atoms with Gasteiger partial charge in [0.05, 0.1) is 2.74 Å². The molecule has 0 saturated heterocycles. The Morgan fingerprint density at radius 3 is 2.27 bits per heavy atom. The lowest BCUT2D eigenvalue weighted by Crippen LogP contribution is -1.88. The lowest BCUT2D eigenvalue weighted by molar-refractivity contribution is -0.435. The summed E-state index contributed by atoms with van der Waals surface area (Å²) in [6, 6.07) is 13.2. The van der Waals surface area contributed by atoms with E-state index in [1.807, 2.05) is 6.07 Å². The van der Waals surface area contributed by atoms with Gasteiger partial charge >= 0.3 is 0 Å². The SMILES string of the molecule is [2H]c1cccc([2H])c1[N+]([O-])=Nc1ccccc1. The van der Waals surface area contributed by atoms with Crippen LogP contribution in [0.2, 0.25) is 0 Å². The van der Waals surface area contributed by atoms with Gasteiger partial charge < -0.3 is 5.21 Å². The third-order valence-electron chi connectivity index (χ3n) is 1.79. The Labute approximate surface area is 90.7 Å². The summed E-state index contributed by atoms with van der Waals surface area (Å²) < 4.78 is 15.2. The Balaban J connectivity index is 2.44. The first-order valence-corrected chi connectivity index (χ1v) is 4.48. The molecule has 0 atom stereocenters. The van der Waals surface area contributed by atoms with E-state index in [0.717, 1.165) is 0 Å². The maximum absolute atomic E-state index is 11.8. The van der Waals surface area contributed by atoms with Crippen molar-refractivity contribution < 1.29 is 7.60 Å². The van der Waals surface area contributed by atoms with E-state index >= 15 is 0 Å². The Bertz CT molecular complexity index is 535. The Morgan fingerprint density at radius 2 is 1.60 bits per heavy atom. The molecule has 0 spiro atoms. The molecule has 0 aliphatic rings. The van der Waals surface area contributed by atoms with Gasteiger partial charge in [0.1, 0.15) is 5.69 Å². The topological polar surface area (TPSA) is 38.4 Å². The maximum Gasteiger partial charge on any atom is 0.244 e. The molecule has 0 aliphatic heterocycles. The molecule has 0 radical (unpaired) electrons. The van der Waals surface area contributed by atoms with Gasteiger partial charge in [-0.05, 0) is 12.1 Å². The van der Waals surface area contributed by atoms with Crippen molar-refractivity contribution in [3.8, 4) is 0 Å². The molecule has 74 valence electrons. The van der Waals surface area contributed by atoms with E-state index in [2.05, 4.69) is 5.11 Å². The normalized spacial score (nSPS) is 13.2. The molecule has 0 amide bonds. The van der Waals surface area contributed by atoms with E-state index < -0.39 is 0 Å². The number of benzene rings is 2. The summed E-state index contributed by atoms with van der Waals surface area (Å²) in [7, 11) is 0. The Hall–Kier alpha value is -2.16. The lowest BCUT2D eigenvalue weighted by atomic mass is 10.3. The average Bonchev–Trinajstić information content (AvgIpc) is 2.30. The molecule has 2 aromatic carbocycles. The van der Waals surface area contributed by atoms with E-state index in [-0.39, 0.29) is 17.8 Å². The highest BCUT2D eigenvalue weighted by Crippen LogP contribution is 2.15. The summed E-state index contributed by atoms with van der Waals surface area (Å²) in [5.74, 6) is 0. The van der Waals surface area contributed by atoms with Gasteiger partial charge in [-0.25, -0.2) is 0 Å². The monoisotopic (exact) mass is 200 g/mol. The third kappa shape index (κ3) is 2.40. The molecule has 0 aliphatic carbocycles. The van der Waals surface area contributed by atoms with Crippen LogP contribution in [-0.4, -0.2) is 4.86 Å². The first-order valence-electron chi connectivity index (χ1n) is 5.48. The zero-order chi connectivity index (χ0) is 12.3. The number of hydrogen-bond donors (Lipinski definition) is 0. The highest BCUT2D eigenvalue weighted by atomic mass is 16.5. The van der Waals surface area contributed by atoms with Gasteiger partial charge in [0.2, 0.25) is 5.69 Å². The predicted molar refractivity (Wildman–Crippen MR) is 58.3 cm³/mol. The standard InChI is InChI=1S/C12H10N2O/c15-14(12-9-5-2-6-10-12)13-11-7-3-1-4-8-11/h1-10H/i9D,10D. The summed E-state index contributed by atoms with van der Waals surface area (Å²) in [4.78, 5) is 0.319. The van der Waals surface area contributed by atoms with Crippen molar-refractivity contribution in [2.75, 3.05) is 0 Å². The van der Waals surface area contributed by atoms with Gasteiger partial charge in [0.25, 0.3) is 0 Å². The van der Waals surface area contributed by atoms with Crippen molar-refractivity contribution in [2.45, 2.75) is 0 Å². The van der Waals surface area contributed by atoms with Crippen molar-refractivity contribution in [1.82, 2.24) is 0 Å². The zero-order valence-corrected chi connectivity index (χ0v) is 7.92. The summed E-state index contributed by atoms with van der Waals surface area (Å²) in [6.45, 7) is 0.